The first-order chi connectivity index (χ1) is 14.1. The standard InChI is InChI=1S/C20H19FN6O2/c21-16-3-1-2-4-18(16)27-8-6-13(12-27)24-10-14(9-22)29-20-25-17-11-23-7-5-15(17)19(28)26-20/h1-5,7,9-11,13H,6,8,12,22H2,(H,25,26,28)/t13-/m0/s1. The number of anilines is 1. The second kappa shape index (κ2) is 8.09. The minimum atomic E-state index is -0.336. The van der Waals surface area contributed by atoms with E-state index in [2.05, 4.69) is 19.9 Å². The number of aliphatic imine (C=N–C) groups is 1. The van der Waals surface area contributed by atoms with E-state index in [1.165, 1.54) is 30.9 Å². The van der Waals surface area contributed by atoms with Crippen molar-refractivity contribution in [2.75, 3.05) is 18.0 Å². The molecule has 1 aromatic carbocycles. The summed E-state index contributed by atoms with van der Waals surface area (Å²) in [7, 11) is 0. The Morgan fingerprint density at radius 2 is 2.24 bits per heavy atom. The molecule has 0 radical (unpaired) electrons. The van der Waals surface area contributed by atoms with Gasteiger partial charge in [-0.2, -0.15) is 4.98 Å². The fraction of sp³-hybridized carbons (Fsp3) is 0.200. The Labute approximate surface area is 165 Å². The minimum absolute atomic E-state index is 0.00180. The van der Waals surface area contributed by atoms with E-state index in [4.69, 9.17) is 10.5 Å². The van der Waals surface area contributed by atoms with Crippen molar-refractivity contribution in [1.82, 2.24) is 15.0 Å². The quantitative estimate of drug-likeness (QED) is 0.506. The van der Waals surface area contributed by atoms with Crippen LogP contribution in [0.15, 0.2) is 64.5 Å². The Morgan fingerprint density at radius 3 is 3.07 bits per heavy atom. The highest BCUT2D eigenvalue weighted by Crippen LogP contribution is 2.24. The molecule has 1 aliphatic rings. The fourth-order valence-corrected chi connectivity index (χ4v) is 3.20. The molecule has 3 aromatic rings. The molecular formula is C20H19FN6O2. The summed E-state index contributed by atoms with van der Waals surface area (Å²) in [6.07, 6.45) is 6.50. The first-order valence-corrected chi connectivity index (χ1v) is 9.10. The summed E-state index contributed by atoms with van der Waals surface area (Å²) in [6.45, 7) is 1.30. The van der Waals surface area contributed by atoms with Crippen molar-refractivity contribution in [3.05, 3.63) is 70.9 Å². The van der Waals surface area contributed by atoms with Crippen LogP contribution < -0.4 is 20.9 Å². The zero-order valence-corrected chi connectivity index (χ0v) is 15.5. The Morgan fingerprint density at radius 1 is 1.38 bits per heavy atom. The van der Waals surface area contributed by atoms with Gasteiger partial charge in [0.05, 0.1) is 35.0 Å². The molecule has 0 bridgehead atoms. The number of allylic oxidation sites excluding steroid dienone is 1. The molecule has 2 aromatic heterocycles. The number of H-pyrrole nitrogens is 1. The number of ether oxygens (including phenoxy) is 1. The summed E-state index contributed by atoms with van der Waals surface area (Å²) in [5.74, 6) is -0.00967. The van der Waals surface area contributed by atoms with Crippen molar-refractivity contribution in [3.8, 4) is 6.01 Å². The van der Waals surface area contributed by atoms with Crippen molar-refractivity contribution >= 4 is 22.8 Å². The zero-order valence-electron chi connectivity index (χ0n) is 15.5. The van der Waals surface area contributed by atoms with Crippen LogP contribution in [0.3, 0.4) is 0 Å². The third-order valence-electron chi connectivity index (χ3n) is 4.64. The number of para-hydroxylation sites is 1. The van der Waals surface area contributed by atoms with Gasteiger partial charge < -0.3 is 15.4 Å². The number of pyridine rings is 1. The maximum absolute atomic E-state index is 14.0. The number of fused-ring (bicyclic) bond motifs is 1. The third kappa shape index (κ3) is 4.08. The fourth-order valence-electron chi connectivity index (χ4n) is 3.20. The Bertz CT molecular complexity index is 1140. The largest absolute Gasteiger partial charge is 0.422 e. The predicted octanol–water partition coefficient (Wildman–Crippen LogP) is 1.99. The van der Waals surface area contributed by atoms with E-state index >= 15 is 0 Å². The summed E-state index contributed by atoms with van der Waals surface area (Å²) >= 11 is 0. The van der Waals surface area contributed by atoms with Gasteiger partial charge in [-0.25, -0.2) is 4.39 Å². The maximum atomic E-state index is 14.0. The topological polar surface area (TPSA) is 109 Å². The van der Waals surface area contributed by atoms with E-state index in [0.717, 1.165) is 6.42 Å². The highest BCUT2D eigenvalue weighted by Gasteiger charge is 2.23. The van der Waals surface area contributed by atoms with Crippen LogP contribution in [0.2, 0.25) is 0 Å². The molecule has 29 heavy (non-hydrogen) atoms. The number of nitrogens with two attached hydrogens (primary N) is 1. The van der Waals surface area contributed by atoms with Crippen molar-refractivity contribution in [3.63, 3.8) is 0 Å². The second-order valence-electron chi connectivity index (χ2n) is 6.55. The van der Waals surface area contributed by atoms with E-state index in [-0.39, 0.29) is 29.2 Å². The lowest BCUT2D eigenvalue weighted by atomic mass is 10.3. The van der Waals surface area contributed by atoms with E-state index in [9.17, 15) is 9.18 Å². The number of rotatable bonds is 5. The van der Waals surface area contributed by atoms with Crippen LogP contribution in [0.5, 0.6) is 6.01 Å². The van der Waals surface area contributed by atoms with Gasteiger partial charge in [0.2, 0.25) is 0 Å². The average Bonchev–Trinajstić information content (AvgIpc) is 3.20. The maximum Gasteiger partial charge on any atom is 0.302 e. The highest BCUT2D eigenvalue weighted by atomic mass is 19.1. The smallest absolute Gasteiger partial charge is 0.302 e. The van der Waals surface area contributed by atoms with Gasteiger partial charge in [-0.05, 0) is 24.6 Å². The first-order valence-electron chi connectivity index (χ1n) is 9.10. The highest BCUT2D eigenvalue weighted by molar-refractivity contribution is 5.78. The Hall–Kier alpha value is -3.75. The summed E-state index contributed by atoms with van der Waals surface area (Å²) in [6, 6.07) is 8.23. The molecule has 0 aliphatic carbocycles. The first kappa shape index (κ1) is 18.6. The molecule has 0 amide bonds. The summed E-state index contributed by atoms with van der Waals surface area (Å²) < 4.78 is 19.5. The van der Waals surface area contributed by atoms with Crippen LogP contribution in [-0.2, 0) is 0 Å². The van der Waals surface area contributed by atoms with Gasteiger partial charge in [-0.3, -0.25) is 19.8 Å². The second-order valence-corrected chi connectivity index (χ2v) is 6.55. The van der Waals surface area contributed by atoms with Gasteiger partial charge >= 0.3 is 6.01 Å². The van der Waals surface area contributed by atoms with Crippen molar-refractivity contribution < 1.29 is 9.13 Å². The number of benzene rings is 1. The summed E-state index contributed by atoms with van der Waals surface area (Å²) in [4.78, 5) is 29.3. The molecule has 0 unspecified atom stereocenters. The van der Waals surface area contributed by atoms with Crippen LogP contribution >= 0.6 is 0 Å². The van der Waals surface area contributed by atoms with Crippen LogP contribution in [0.4, 0.5) is 10.1 Å². The number of aromatic nitrogens is 3. The van der Waals surface area contributed by atoms with E-state index in [0.29, 0.717) is 29.7 Å². The van der Waals surface area contributed by atoms with Gasteiger partial charge in [0.15, 0.2) is 5.76 Å². The van der Waals surface area contributed by atoms with Gasteiger partial charge in [-0.1, -0.05) is 12.1 Å². The van der Waals surface area contributed by atoms with Crippen molar-refractivity contribution in [2.45, 2.75) is 12.5 Å². The molecule has 1 fully saturated rings. The molecule has 3 N–H and O–H groups in total. The molecule has 9 heteroatoms. The third-order valence-corrected chi connectivity index (χ3v) is 4.64. The number of hydrogen-bond acceptors (Lipinski definition) is 7. The molecule has 4 rings (SSSR count). The monoisotopic (exact) mass is 394 g/mol. The molecule has 148 valence electrons. The average molecular weight is 394 g/mol. The van der Waals surface area contributed by atoms with Gasteiger partial charge in [0.1, 0.15) is 5.82 Å². The van der Waals surface area contributed by atoms with E-state index < -0.39 is 0 Å². The molecule has 1 atom stereocenters. The Balaban J connectivity index is 1.44. The number of halogens is 1. The summed E-state index contributed by atoms with van der Waals surface area (Å²) in [5.41, 5.74) is 6.27. The van der Waals surface area contributed by atoms with Crippen LogP contribution in [0, 0.1) is 5.82 Å². The molecule has 0 saturated carbocycles. The number of nitrogens with zero attached hydrogens (tertiary/aromatic N) is 4. The number of hydrogen-bond donors (Lipinski definition) is 2. The normalized spacial score (nSPS) is 17.3. The lowest BCUT2D eigenvalue weighted by Gasteiger charge is -2.18. The summed E-state index contributed by atoms with van der Waals surface area (Å²) in [5, 5.41) is 0.415. The molecule has 8 nitrogen and oxygen atoms in total. The lowest BCUT2D eigenvalue weighted by molar-refractivity contribution is 0.417. The molecule has 1 saturated heterocycles. The SMILES string of the molecule is NC=C(C=N[C@H]1CCN(c2ccccc2F)C1)Oc1nc2cnccc2c(=O)[nH]1. The predicted molar refractivity (Wildman–Crippen MR) is 109 cm³/mol. The molecule has 3 heterocycles. The van der Waals surface area contributed by atoms with Crippen LogP contribution in [-0.4, -0.2) is 40.3 Å². The van der Waals surface area contributed by atoms with Gasteiger partial charge in [-0.15, -0.1) is 0 Å². The van der Waals surface area contributed by atoms with Crippen molar-refractivity contribution in [2.24, 2.45) is 10.7 Å². The number of aromatic amines is 1. The lowest BCUT2D eigenvalue weighted by Crippen LogP contribution is -2.21. The molecular weight excluding hydrogens is 375 g/mol. The Kier molecular flexibility index (Phi) is 5.19. The molecule has 0 spiro atoms. The van der Waals surface area contributed by atoms with Crippen LogP contribution in [0.25, 0.3) is 10.9 Å². The van der Waals surface area contributed by atoms with Crippen molar-refractivity contribution in [1.29, 1.82) is 0 Å². The van der Waals surface area contributed by atoms with E-state index in [1.54, 1.807) is 18.2 Å². The molecule has 1 aliphatic heterocycles. The van der Waals surface area contributed by atoms with E-state index in [1.807, 2.05) is 11.0 Å². The van der Waals surface area contributed by atoms with Gasteiger partial charge in [0, 0.05) is 25.5 Å². The number of nitrogens with one attached hydrogen (secondary N) is 1. The minimum Gasteiger partial charge on any atom is -0.422 e. The van der Waals surface area contributed by atoms with Gasteiger partial charge in [0.25, 0.3) is 5.56 Å². The van der Waals surface area contributed by atoms with Crippen LogP contribution in [0.1, 0.15) is 6.42 Å². The zero-order chi connectivity index (χ0) is 20.2.